The SMILES string of the molecule is CN(Cc1ccc(C#N)cc1)Cc1nc2ccccc2n(C)c1=O. The summed E-state index contributed by atoms with van der Waals surface area (Å²) in [6.45, 7) is 1.15. The van der Waals surface area contributed by atoms with Crippen molar-refractivity contribution in [3.8, 4) is 6.07 Å². The molecule has 0 aliphatic carbocycles. The third-order valence-corrected chi connectivity index (χ3v) is 4.01. The fraction of sp³-hybridized carbons (Fsp3) is 0.211. The third-order valence-electron chi connectivity index (χ3n) is 4.01. The van der Waals surface area contributed by atoms with E-state index in [1.54, 1.807) is 23.7 Å². The van der Waals surface area contributed by atoms with E-state index in [2.05, 4.69) is 11.1 Å². The number of nitrogens with zero attached hydrogens (tertiary/aromatic N) is 4. The first kappa shape index (κ1) is 15.9. The average molecular weight is 318 g/mol. The lowest BCUT2D eigenvalue weighted by molar-refractivity contribution is 0.313. The van der Waals surface area contributed by atoms with Gasteiger partial charge in [-0.25, -0.2) is 4.98 Å². The predicted octanol–water partition coefficient (Wildman–Crippen LogP) is 2.44. The van der Waals surface area contributed by atoms with Crippen LogP contribution < -0.4 is 5.56 Å². The smallest absolute Gasteiger partial charge is 0.273 e. The molecule has 0 aliphatic heterocycles. The number of hydrogen-bond acceptors (Lipinski definition) is 4. The Morgan fingerprint density at radius 3 is 2.54 bits per heavy atom. The Hall–Kier alpha value is -2.97. The monoisotopic (exact) mass is 318 g/mol. The van der Waals surface area contributed by atoms with Crippen LogP contribution in [-0.2, 0) is 20.1 Å². The van der Waals surface area contributed by atoms with E-state index in [-0.39, 0.29) is 5.56 Å². The molecule has 0 N–H and O–H groups in total. The van der Waals surface area contributed by atoms with Gasteiger partial charge in [-0.05, 0) is 36.9 Å². The lowest BCUT2D eigenvalue weighted by Gasteiger charge is -2.17. The number of aromatic nitrogens is 2. The van der Waals surface area contributed by atoms with E-state index in [1.165, 1.54) is 0 Å². The maximum atomic E-state index is 12.5. The summed E-state index contributed by atoms with van der Waals surface area (Å²) in [5.74, 6) is 0. The van der Waals surface area contributed by atoms with Crippen LogP contribution in [0.25, 0.3) is 11.0 Å². The van der Waals surface area contributed by atoms with E-state index < -0.39 is 0 Å². The second-order valence-electron chi connectivity index (χ2n) is 5.89. The standard InChI is InChI=1S/C19H18N4O/c1-22(12-15-9-7-14(11-20)8-10-15)13-17-19(24)23(2)18-6-4-3-5-16(18)21-17/h3-10H,12-13H2,1-2H3. The van der Waals surface area contributed by atoms with Crippen LogP contribution in [0.15, 0.2) is 53.3 Å². The second kappa shape index (κ2) is 6.65. The quantitative estimate of drug-likeness (QED) is 0.741. The zero-order chi connectivity index (χ0) is 17.1. The highest BCUT2D eigenvalue weighted by atomic mass is 16.1. The van der Waals surface area contributed by atoms with E-state index in [4.69, 9.17) is 5.26 Å². The van der Waals surface area contributed by atoms with E-state index in [0.717, 1.165) is 16.6 Å². The molecule has 0 fully saturated rings. The van der Waals surface area contributed by atoms with Crippen LogP contribution in [-0.4, -0.2) is 21.5 Å². The molecule has 1 aromatic heterocycles. The van der Waals surface area contributed by atoms with Crippen molar-refractivity contribution in [3.63, 3.8) is 0 Å². The zero-order valence-corrected chi connectivity index (χ0v) is 13.7. The van der Waals surface area contributed by atoms with Crippen LogP contribution in [0.3, 0.4) is 0 Å². The minimum absolute atomic E-state index is 0.0691. The van der Waals surface area contributed by atoms with Crippen LogP contribution in [0.4, 0.5) is 0 Å². The highest BCUT2D eigenvalue weighted by Gasteiger charge is 2.11. The first-order chi connectivity index (χ1) is 11.6. The first-order valence-corrected chi connectivity index (χ1v) is 7.70. The van der Waals surface area contributed by atoms with Gasteiger partial charge in [0.15, 0.2) is 0 Å². The molecule has 0 saturated heterocycles. The minimum atomic E-state index is -0.0691. The average Bonchev–Trinajstić information content (AvgIpc) is 2.60. The number of fused-ring (bicyclic) bond motifs is 1. The molecular formula is C19H18N4O. The molecule has 2 aromatic carbocycles. The molecular weight excluding hydrogens is 300 g/mol. The number of benzene rings is 2. The van der Waals surface area contributed by atoms with Crippen LogP contribution >= 0.6 is 0 Å². The summed E-state index contributed by atoms with van der Waals surface area (Å²) in [6.07, 6.45) is 0. The first-order valence-electron chi connectivity index (χ1n) is 7.70. The Bertz CT molecular complexity index is 967. The molecule has 0 spiro atoms. The van der Waals surface area contributed by atoms with Crippen molar-refractivity contribution in [1.82, 2.24) is 14.5 Å². The highest BCUT2D eigenvalue weighted by Crippen LogP contribution is 2.11. The van der Waals surface area contributed by atoms with Crippen LogP contribution in [0.2, 0.25) is 0 Å². The molecule has 5 heteroatoms. The Kier molecular flexibility index (Phi) is 4.41. The lowest BCUT2D eigenvalue weighted by atomic mass is 10.1. The molecule has 3 rings (SSSR count). The van der Waals surface area contributed by atoms with Crippen molar-refractivity contribution < 1.29 is 0 Å². The second-order valence-corrected chi connectivity index (χ2v) is 5.89. The summed E-state index contributed by atoms with van der Waals surface area (Å²) < 4.78 is 1.65. The van der Waals surface area contributed by atoms with Crippen LogP contribution in [0.5, 0.6) is 0 Å². The summed E-state index contributed by atoms with van der Waals surface area (Å²) in [5, 5.41) is 8.84. The summed E-state index contributed by atoms with van der Waals surface area (Å²) >= 11 is 0. The van der Waals surface area contributed by atoms with E-state index in [9.17, 15) is 4.79 Å². The molecule has 3 aromatic rings. The Morgan fingerprint density at radius 2 is 1.83 bits per heavy atom. The van der Waals surface area contributed by atoms with Gasteiger partial charge >= 0.3 is 0 Å². The van der Waals surface area contributed by atoms with Gasteiger partial charge in [0.05, 0.1) is 22.7 Å². The largest absolute Gasteiger partial charge is 0.308 e. The Morgan fingerprint density at radius 1 is 1.12 bits per heavy atom. The summed E-state index contributed by atoms with van der Waals surface area (Å²) in [7, 11) is 3.73. The maximum Gasteiger partial charge on any atom is 0.273 e. The van der Waals surface area contributed by atoms with Crippen molar-refractivity contribution in [2.75, 3.05) is 7.05 Å². The van der Waals surface area contributed by atoms with Crippen molar-refractivity contribution >= 4 is 11.0 Å². The summed E-state index contributed by atoms with van der Waals surface area (Å²) in [5.41, 5.74) is 3.86. The number of para-hydroxylation sites is 2. The van der Waals surface area contributed by atoms with Crippen molar-refractivity contribution in [3.05, 3.63) is 75.7 Å². The lowest BCUT2D eigenvalue weighted by Crippen LogP contribution is -2.28. The van der Waals surface area contributed by atoms with Gasteiger partial charge in [0.2, 0.25) is 0 Å². The predicted molar refractivity (Wildman–Crippen MR) is 93.3 cm³/mol. The van der Waals surface area contributed by atoms with E-state index in [0.29, 0.717) is 24.3 Å². The van der Waals surface area contributed by atoms with Crippen molar-refractivity contribution in [2.24, 2.45) is 7.05 Å². The number of nitriles is 1. The van der Waals surface area contributed by atoms with Gasteiger partial charge in [0.25, 0.3) is 5.56 Å². The molecule has 0 unspecified atom stereocenters. The van der Waals surface area contributed by atoms with E-state index >= 15 is 0 Å². The minimum Gasteiger partial charge on any atom is -0.308 e. The molecule has 1 heterocycles. The highest BCUT2D eigenvalue weighted by molar-refractivity contribution is 5.74. The van der Waals surface area contributed by atoms with Gasteiger partial charge in [-0.2, -0.15) is 5.26 Å². The van der Waals surface area contributed by atoms with Crippen LogP contribution in [0, 0.1) is 11.3 Å². The third kappa shape index (κ3) is 3.19. The molecule has 0 atom stereocenters. The normalized spacial score (nSPS) is 10.9. The van der Waals surface area contributed by atoms with Gasteiger partial charge in [-0.15, -0.1) is 0 Å². The van der Waals surface area contributed by atoms with Crippen molar-refractivity contribution in [2.45, 2.75) is 13.1 Å². The molecule has 0 bridgehead atoms. The fourth-order valence-corrected chi connectivity index (χ4v) is 2.75. The van der Waals surface area contributed by atoms with Gasteiger partial charge in [0, 0.05) is 20.1 Å². The van der Waals surface area contributed by atoms with Crippen molar-refractivity contribution in [1.29, 1.82) is 5.26 Å². The molecule has 0 amide bonds. The van der Waals surface area contributed by atoms with Gasteiger partial charge in [-0.3, -0.25) is 9.69 Å². The molecule has 0 saturated carbocycles. The Balaban J connectivity index is 1.82. The summed E-state index contributed by atoms with van der Waals surface area (Å²) in [6, 6.07) is 17.2. The summed E-state index contributed by atoms with van der Waals surface area (Å²) in [4.78, 5) is 19.1. The number of rotatable bonds is 4. The topological polar surface area (TPSA) is 61.9 Å². The molecule has 120 valence electrons. The fourth-order valence-electron chi connectivity index (χ4n) is 2.75. The van der Waals surface area contributed by atoms with Gasteiger partial charge in [-0.1, -0.05) is 24.3 Å². The zero-order valence-electron chi connectivity index (χ0n) is 13.7. The molecule has 0 radical (unpaired) electrons. The molecule has 0 aliphatic rings. The molecule has 5 nitrogen and oxygen atoms in total. The number of hydrogen-bond donors (Lipinski definition) is 0. The number of aryl methyl sites for hydroxylation is 1. The Labute approximate surface area is 140 Å². The molecule has 24 heavy (non-hydrogen) atoms. The van der Waals surface area contributed by atoms with Gasteiger partial charge in [0.1, 0.15) is 5.69 Å². The van der Waals surface area contributed by atoms with Crippen LogP contribution in [0.1, 0.15) is 16.8 Å². The maximum absolute atomic E-state index is 12.5. The van der Waals surface area contributed by atoms with Gasteiger partial charge < -0.3 is 4.57 Å². The van der Waals surface area contributed by atoms with E-state index in [1.807, 2.05) is 48.3 Å².